The first-order valence-electron chi connectivity index (χ1n) is 7.81. The van der Waals surface area contributed by atoms with Crippen LogP contribution >= 0.6 is 11.6 Å². The summed E-state index contributed by atoms with van der Waals surface area (Å²) in [5, 5.41) is 0.584. The van der Waals surface area contributed by atoms with E-state index in [0.717, 1.165) is 23.0 Å². The summed E-state index contributed by atoms with van der Waals surface area (Å²) in [7, 11) is 1.87. The van der Waals surface area contributed by atoms with E-state index in [0.29, 0.717) is 27.7 Å². The van der Waals surface area contributed by atoms with Gasteiger partial charge in [0.15, 0.2) is 0 Å². The summed E-state index contributed by atoms with van der Waals surface area (Å²) in [6, 6.07) is 7.28. The van der Waals surface area contributed by atoms with E-state index in [1.807, 2.05) is 33.0 Å². The zero-order chi connectivity index (χ0) is 18.1. The van der Waals surface area contributed by atoms with Crippen LogP contribution in [0.15, 0.2) is 30.5 Å². The second-order valence-corrected chi connectivity index (χ2v) is 6.19. The molecule has 0 saturated heterocycles. The highest BCUT2D eigenvalue weighted by molar-refractivity contribution is 6.35. The SMILES string of the molecule is Bc1cnc(N)nc1-c1cc(C(N)=O)c(-c2cc(Cl)ccc2CC)[nH]1. The molecule has 0 unspecified atom stereocenters. The van der Waals surface area contributed by atoms with Gasteiger partial charge in [0.1, 0.15) is 7.85 Å². The largest absolute Gasteiger partial charge is 0.368 e. The molecule has 1 amide bonds. The molecule has 0 aliphatic carbocycles. The number of amides is 1. The molecule has 2 aromatic heterocycles. The maximum Gasteiger partial charge on any atom is 0.250 e. The smallest absolute Gasteiger partial charge is 0.250 e. The van der Waals surface area contributed by atoms with Crippen LogP contribution < -0.4 is 16.9 Å². The average molecular weight is 354 g/mol. The number of carbonyl (C=O) groups is 1. The summed E-state index contributed by atoms with van der Waals surface area (Å²) in [6.07, 6.45) is 2.43. The third kappa shape index (κ3) is 3.23. The molecule has 2 heterocycles. The van der Waals surface area contributed by atoms with Crippen molar-refractivity contribution in [2.75, 3.05) is 5.73 Å². The zero-order valence-corrected chi connectivity index (χ0v) is 14.7. The molecule has 0 spiro atoms. The number of benzene rings is 1. The molecule has 126 valence electrons. The fourth-order valence-corrected chi connectivity index (χ4v) is 2.98. The van der Waals surface area contributed by atoms with Gasteiger partial charge in [-0.15, -0.1) is 0 Å². The Hall–Kier alpha value is -2.80. The predicted molar refractivity (Wildman–Crippen MR) is 103 cm³/mol. The zero-order valence-electron chi connectivity index (χ0n) is 13.9. The topological polar surface area (TPSA) is 111 Å². The van der Waals surface area contributed by atoms with Crippen molar-refractivity contribution in [2.24, 2.45) is 5.73 Å². The number of hydrogen-bond donors (Lipinski definition) is 3. The molecule has 0 atom stereocenters. The first-order chi connectivity index (χ1) is 11.9. The number of nitrogen functional groups attached to an aromatic ring is 1. The number of rotatable bonds is 4. The van der Waals surface area contributed by atoms with Crippen LogP contribution in [0.4, 0.5) is 5.95 Å². The number of anilines is 1. The van der Waals surface area contributed by atoms with Gasteiger partial charge in [-0.05, 0) is 35.6 Å². The van der Waals surface area contributed by atoms with Crippen LogP contribution in [0.5, 0.6) is 0 Å². The minimum absolute atomic E-state index is 0.161. The molecular weight excluding hydrogens is 336 g/mol. The number of H-pyrrole nitrogens is 1. The lowest BCUT2D eigenvalue weighted by Crippen LogP contribution is -2.12. The quantitative estimate of drug-likeness (QED) is 0.614. The normalized spacial score (nSPS) is 10.8. The summed E-state index contributed by atoms with van der Waals surface area (Å²) in [4.78, 5) is 23.5. The van der Waals surface area contributed by atoms with Gasteiger partial charge in [-0.25, -0.2) is 9.97 Å². The van der Waals surface area contributed by atoms with Crippen LogP contribution in [-0.2, 0) is 6.42 Å². The first kappa shape index (κ1) is 17.0. The molecule has 0 aliphatic heterocycles. The fraction of sp³-hybridized carbons (Fsp3) is 0.118. The fourth-order valence-electron chi connectivity index (χ4n) is 2.81. The molecule has 0 fully saturated rings. The summed E-state index contributed by atoms with van der Waals surface area (Å²) in [5.74, 6) is -0.367. The maximum absolute atomic E-state index is 12.0. The number of nitrogens with one attached hydrogen (secondary N) is 1. The molecule has 25 heavy (non-hydrogen) atoms. The molecule has 5 N–H and O–H groups in total. The Balaban J connectivity index is 2.25. The number of aromatic nitrogens is 3. The summed E-state index contributed by atoms with van der Waals surface area (Å²) in [5.41, 5.74) is 16.3. The van der Waals surface area contributed by atoms with Crippen molar-refractivity contribution in [2.45, 2.75) is 13.3 Å². The Labute approximate surface area is 151 Å². The van der Waals surface area contributed by atoms with Crippen molar-refractivity contribution in [3.05, 3.63) is 46.6 Å². The van der Waals surface area contributed by atoms with Crippen molar-refractivity contribution in [3.8, 4) is 22.6 Å². The van der Waals surface area contributed by atoms with E-state index in [9.17, 15) is 4.79 Å². The molecule has 0 saturated carbocycles. The van der Waals surface area contributed by atoms with Gasteiger partial charge in [0, 0.05) is 16.8 Å². The van der Waals surface area contributed by atoms with E-state index in [4.69, 9.17) is 23.1 Å². The summed E-state index contributed by atoms with van der Waals surface area (Å²) in [6.45, 7) is 2.04. The van der Waals surface area contributed by atoms with Gasteiger partial charge in [0.25, 0.3) is 5.91 Å². The number of nitrogens with zero attached hydrogens (tertiary/aromatic N) is 2. The van der Waals surface area contributed by atoms with Gasteiger partial charge in [-0.2, -0.15) is 0 Å². The number of hydrogen-bond acceptors (Lipinski definition) is 4. The summed E-state index contributed by atoms with van der Waals surface area (Å²) >= 11 is 6.16. The number of aromatic amines is 1. The van der Waals surface area contributed by atoms with E-state index < -0.39 is 5.91 Å². The molecular formula is C17H17BClN5O. The minimum Gasteiger partial charge on any atom is -0.368 e. The number of aryl methyl sites for hydroxylation is 1. The van der Waals surface area contributed by atoms with E-state index in [1.54, 1.807) is 12.3 Å². The maximum atomic E-state index is 12.0. The van der Waals surface area contributed by atoms with E-state index in [-0.39, 0.29) is 5.95 Å². The Morgan fingerprint density at radius 1 is 1.36 bits per heavy atom. The Morgan fingerprint density at radius 3 is 2.80 bits per heavy atom. The van der Waals surface area contributed by atoms with Crippen molar-refractivity contribution in [3.63, 3.8) is 0 Å². The predicted octanol–water partition coefficient (Wildman–Crippen LogP) is 1.29. The Kier molecular flexibility index (Phi) is 4.50. The highest BCUT2D eigenvalue weighted by Crippen LogP contribution is 2.32. The molecule has 6 nitrogen and oxygen atoms in total. The third-order valence-corrected chi connectivity index (χ3v) is 4.29. The molecule has 0 aliphatic rings. The molecule has 3 rings (SSSR count). The minimum atomic E-state index is -0.529. The number of carbonyl (C=O) groups excluding carboxylic acids is 1. The van der Waals surface area contributed by atoms with Gasteiger partial charge in [-0.1, -0.05) is 24.6 Å². The number of halogens is 1. The second-order valence-electron chi connectivity index (χ2n) is 5.75. The third-order valence-electron chi connectivity index (χ3n) is 4.05. The lowest BCUT2D eigenvalue weighted by Gasteiger charge is -2.09. The van der Waals surface area contributed by atoms with E-state index in [1.165, 1.54) is 0 Å². The second kappa shape index (κ2) is 6.60. The van der Waals surface area contributed by atoms with E-state index >= 15 is 0 Å². The molecule has 1 aromatic carbocycles. The standard InChI is InChI=1S/C17H17BClN5O/c1-2-8-3-4-9(19)5-10(8)14-11(16(20)25)6-13(23-14)15-12(18)7-22-17(21)24-15/h3-7,23H,2,18H2,1H3,(H2,20,25)(H2,21,22,24). The van der Waals surface area contributed by atoms with Crippen LogP contribution in [-0.4, -0.2) is 28.7 Å². The van der Waals surface area contributed by atoms with Crippen molar-refractivity contribution in [1.29, 1.82) is 0 Å². The van der Waals surface area contributed by atoms with Crippen LogP contribution in [0.3, 0.4) is 0 Å². The monoisotopic (exact) mass is 353 g/mol. The molecule has 8 heteroatoms. The molecule has 3 aromatic rings. The average Bonchev–Trinajstić information content (AvgIpc) is 3.02. The van der Waals surface area contributed by atoms with Gasteiger partial charge >= 0.3 is 0 Å². The highest BCUT2D eigenvalue weighted by Gasteiger charge is 2.19. The van der Waals surface area contributed by atoms with Crippen molar-refractivity contribution in [1.82, 2.24) is 15.0 Å². The lowest BCUT2D eigenvalue weighted by molar-refractivity contribution is 0.100. The van der Waals surface area contributed by atoms with Crippen LogP contribution in [0, 0.1) is 0 Å². The lowest BCUT2D eigenvalue weighted by atomic mass is 9.94. The Morgan fingerprint density at radius 2 is 2.12 bits per heavy atom. The first-order valence-corrected chi connectivity index (χ1v) is 8.19. The Bertz CT molecular complexity index is 970. The summed E-state index contributed by atoms with van der Waals surface area (Å²) < 4.78 is 0. The van der Waals surface area contributed by atoms with Crippen LogP contribution in [0.25, 0.3) is 22.6 Å². The number of primary amides is 1. The van der Waals surface area contributed by atoms with Crippen LogP contribution in [0.1, 0.15) is 22.8 Å². The van der Waals surface area contributed by atoms with Crippen LogP contribution in [0.2, 0.25) is 5.02 Å². The van der Waals surface area contributed by atoms with Gasteiger partial charge in [0.2, 0.25) is 5.95 Å². The number of nitrogens with two attached hydrogens (primary N) is 2. The van der Waals surface area contributed by atoms with Crippen molar-refractivity contribution >= 4 is 36.8 Å². The van der Waals surface area contributed by atoms with Gasteiger partial charge in [-0.3, -0.25) is 4.79 Å². The van der Waals surface area contributed by atoms with Gasteiger partial charge in [0.05, 0.1) is 22.6 Å². The van der Waals surface area contributed by atoms with Crippen molar-refractivity contribution < 1.29 is 4.79 Å². The van der Waals surface area contributed by atoms with E-state index in [2.05, 4.69) is 15.0 Å². The highest BCUT2D eigenvalue weighted by atomic mass is 35.5. The van der Waals surface area contributed by atoms with Gasteiger partial charge < -0.3 is 16.5 Å². The molecule has 0 radical (unpaired) electrons. The molecule has 0 bridgehead atoms.